The first kappa shape index (κ1) is 19.7. The van der Waals surface area contributed by atoms with Crippen molar-refractivity contribution < 1.29 is 37.6 Å². The van der Waals surface area contributed by atoms with Crippen molar-refractivity contribution in [2.75, 3.05) is 10.9 Å². The maximum Gasteiger partial charge on any atom is 0.470 e. The van der Waals surface area contributed by atoms with E-state index in [1.54, 1.807) is 0 Å². The van der Waals surface area contributed by atoms with Crippen LogP contribution in [0.1, 0.15) is 0 Å². The lowest BCUT2D eigenvalue weighted by molar-refractivity contribution is -0.425. The van der Waals surface area contributed by atoms with E-state index in [-0.39, 0.29) is 0 Å². The van der Waals surface area contributed by atoms with Crippen molar-refractivity contribution in [3.63, 3.8) is 0 Å². The van der Waals surface area contributed by atoms with Gasteiger partial charge in [-0.2, -0.15) is 0 Å². The molecule has 0 atom stereocenters. The number of halogens is 4. The molecule has 0 spiro atoms. The van der Waals surface area contributed by atoms with Crippen LogP contribution < -0.4 is 10.9 Å². The molecule has 2 rings (SSSR count). The van der Waals surface area contributed by atoms with Crippen LogP contribution in [0, 0.1) is 40.5 Å². The van der Waals surface area contributed by atoms with Crippen LogP contribution in [0.25, 0.3) is 11.4 Å². The van der Waals surface area contributed by atoms with E-state index in [0.717, 1.165) is 0 Å². The molecule has 0 aromatic carbocycles. The van der Waals surface area contributed by atoms with Crippen LogP contribution in [0.4, 0.5) is 40.9 Å². The Kier molecular flexibility index (Phi) is 4.62. The van der Waals surface area contributed by atoms with Crippen molar-refractivity contribution in [3.05, 3.63) is 40.5 Å². The Balaban J connectivity index is 3.15. The van der Waals surface area contributed by atoms with Crippen LogP contribution in [0.15, 0.2) is 0 Å². The monoisotopic (exact) mass is 416 g/mol. The molecule has 18 nitrogen and oxygen atoms in total. The van der Waals surface area contributed by atoms with Crippen LogP contribution in [-0.2, 0) is 0 Å². The Morgan fingerprint density at radius 2 is 0.929 bits per heavy atom. The van der Waals surface area contributed by atoms with Gasteiger partial charge in [0.1, 0.15) is 0 Å². The Morgan fingerprint density at radius 1 is 0.643 bits per heavy atom. The standard InChI is InChI=1S/C6F4N10O8/c7-19(8)13-1(3(15(21)22)5(11-13)17(25)26)2-4(16(23)24)6(18(27)28)12-14(2)20(9)10. The molecule has 0 N–H and O–H groups in total. The Labute approximate surface area is 144 Å². The second-order valence-corrected chi connectivity index (χ2v) is 4.28. The SMILES string of the molecule is O=[N+]([O-])c1nn(N(F)F)c(-c2c([N+](=O)[O-])c([N+](=O)[O-])nn2N(F)F)c1[N+](=O)[O-]. The number of nitro groups is 4. The van der Waals surface area contributed by atoms with Gasteiger partial charge in [0.05, 0.1) is 31.0 Å². The van der Waals surface area contributed by atoms with Gasteiger partial charge in [-0.3, -0.25) is 20.2 Å². The van der Waals surface area contributed by atoms with E-state index in [1.807, 2.05) is 0 Å². The maximum absolute atomic E-state index is 13.0. The van der Waals surface area contributed by atoms with Crippen LogP contribution in [0.3, 0.4) is 0 Å². The lowest BCUT2D eigenvalue weighted by Crippen LogP contribution is -2.23. The fraction of sp³-hybridized carbons (Fsp3) is 0. The van der Waals surface area contributed by atoms with E-state index < -0.39 is 74.6 Å². The van der Waals surface area contributed by atoms with Gasteiger partial charge in [-0.15, -0.1) is 0 Å². The molecule has 0 saturated heterocycles. The molecular weight excluding hydrogens is 416 g/mol. The third-order valence-electron chi connectivity index (χ3n) is 2.87. The number of nitrogens with zero attached hydrogens (tertiary/aromatic N) is 10. The Morgan fingerprint density at radius 3 is 1.11 bits per heavy atom. The Hall–Kier alpha value is -4.66. The molecule has 2 aromatic heterocycles. The van der Waals surface area contributed by atoms with E-state index in [0.29, 0.717) is 0 Å². The van der Waals surface area contributed by atoms with Crippen LogP contribution in [0.5, 0.6) is 0 Å². The normalized spacial score (nSPS) is 10.6. The van der Waals surface area contributed by atoms with E-state index >= 15 is 0 Å². The summed E-state index contributed by atoms with van der Waals surface area (Å²) >= 11 is 0. The summed E-state index contributed by atoms with van der Waals surface area (Å²) in [6.07, 6.45) is 0. The summed E-state index contributed by atoms with van der Waals surface area (Å²) < 4.78 is 52.1. The minimum atomic E-state index is -2.18. The number of rotatable bonds is 7. The number of hydrogen-bond acceptors (Lipinski definition) is 12. The largest absolute Gasteiger partial charge is 0.470 e. The predicted octanol–water partition coefficient (Wildman–Crippen LogP) is 0.793. The number of aromatic nitrogens is 4. The molecule has 0 unspecified atom stereocenters. The highest BCUT2D eigenvalue weighted by molar-refractivity contribution is 5.82. The highest BCUT2D eigenvalue weighted by atomic mass is 19.4. The highest BCUT2D eigenvalue weighted by Gasteiger charge is 2.51. The molecule has 0 fully saturated rings. The molecule has 0 radical (unpaired) electrons. The zero-order valence-electron chi connectivity index (χ0n) is 12.2. The first-order valence-electron chi connectivity index (χ1n) is 5.98. The zero-order valence-corrected chi connectivity index (χ0v) is 12.2. The molecule has 22 heteroatoms. The average molecular weight is 416 g/mol. The Bertz CT molecular complexity index is 934. The van der Waals surface area contributed by atoms with Gasteiger partial charge < -0.3 is 20.2 Å². The second-order valence-electron chi connectivity index (χ2n) is 4.28. The van der Waals surface area contributed by atoms with Gasteiger partial charge in [0.2, 0.25) is 11.4 Å². The minimum Gasteiger partial charge on any atom is -0.358 e. The first-order chi connectivity index (χ1) is 12.9. The molecular formula is C6F4N10O8. The zero-order chi connectivity index (χ0) is 21.5. The van der Waals surface area contributed by atoms with Crippen LogP contribution >= 0.6 is 0 Å². The molecule has 2 aromatic rings. The van der Waals surface area contributed by atoms with Gasteiger partial charge in [-0.05, 0) is 37.4 Å². The molecule has 0 aliphatic heterocycles. The molecule has 0 aliphatic carbocycles. The van der Waals surface area contributed by atoms with Gasteiger partial charge in [0, 0.05) is 0 Å². The maximum atomic E-state index is 13.0. The molecule has 0 amide bonds. The summed E-state index contributed by atoms with van der Waals surface area (Å²) in [6, 6.07) is 0. The van der Waals surface area contributed by atoms with Crippen molar-refractivity contribution in [2.24, 2.45) is 0 Å². The third kappa shape index (κ3) is 2.88. The summed E-state index contributed by atoms with van der Waals surface area (Å²) in [6.45, 7) is 0. The van der Waals surface area contributed by atoms with Crippen molar-refractivity contribution >= 4 is 23.0 Å². The third-order valence-corrected chi connectivity index (χ3v) is 2.87. The predicted molar refractivity (Wildman–Crippen MR) is 70.9 cm³/mol. The van der Waals surface area contributed by atoms with Crippen molar-refractivity contribution in [1.29, 1.82) is 0 Å². The summed E-state index contributed by atoms with van der Waals surface area (Å²) in [5.74, 6) is -3.84. The van der Waals surface area contributed by atoms with Gasteiger partial charge >= 0.3 is 23.0 Å². The van der Waals surface area contributed by atoms with E-state index in [1.165, 1.54) is 0 Å². The molecule has 0 bridgehead atoms. The first-order valence-corrected chi connectivity index (χ1v) is 5.98. The molecule has 28 heavy (non-hydrogen) atoms. The highest BCUT2D eigenvalue weighted by Crippen LogP contribution is 2.44. The lowest BCUT2D eigenvalue weighted by Gasteiger charge is -2.03. The lowest BCUT2D eigenvalue weighted by atomic mass is 10.2. The smallest absolute Gasteiger partial charge is 0.358 e. The van der Waals surface area contributed by atoms with Gasteiger partial charge in [0.25, 0.3) is 0 Å². The topological polar surface area (TPSA) is 215 Å². The minimum absolute atomic E-state index is 1.01. The summed E-state index contributed by atoms with van der Waals surface area (Å²) in [4.78, 5) is 35.1. The van der Waals surface area contributed by atoms with Crippen molar-refractivity contribution in [2.45, 2.75) is 0 Å². The van der Waals surface area contributed by atoms with Gasteiger partial charge in [-0.1, -0.05) is 0 Å². The average Bonchev–Trinajstić information content (AvgIpc) is 3.13. The molecule has 2 heterocycles. The second kappa shape index (κ2) is 6.57. The van der Waals surface area contributed by atoms with Gasteiger partial charge in [-0.25, -0.2) is 0 Å². The molecule has 150 valence electrons. The molecule has 0 aliphatic rings. The van der Waals surface area contributed by atoms with Gasteiger partial charge in [0.15, 0.2) is 0 Å². The summed E-state index contributed by atoms with van der Waals surface area (Å²) in [5, 5.41) is 48.9. The van der Waals surface area contributed by atoms with E-state index in [9.17, 15) is 58.4 Å². The van der Waals surface area contributed by atoms with E-state index in [4.69, 9.17) is 0 Å². The quantitative estimate of drug-likeness (QED) is 0.265. The fourth-order valence-corrected chi connectivity index (χ4v) is 1.99. The van der Waals surface area contributed by atoms with Crippen LogP contribution in [-0.4, -0.2) is 39.5 Å². The van der Waals surface area contributed by atoms with Crippen molar-refractivity contribution in [3.8, 4) is 11.4 Å². The summed E-state index contributed by atoms with van der Waals surface area (Å²) in [7, 11) is 0. The van der Waals surface area contributed by atoms with Crippen molar-refractivity contribution in [1.82, 2.24) is 19.8 Å². The molecule has 0 saturated carbocycles. The number of hydrogen-bond donors (Lipinski definition) is 0. The van der Waals surface area contributed by atoms with E-state index in [2.05, 4.69) is 10.2 Å². The summed E-state index contributed by atoms with van der Waals surface area (Å²) in [5.41, 5.74) is -12.2. The van der Waals surface area contributed by atoms with Crippen LogP contribution in [0.2, 0.25) is 0 Å². The fourth-order valence-electron chi connectivity index (χ4n) is 1.99.